The third kappa shape index (κ3) is 5.35. The highest BCUT2D eigenvalue weighted by atomic mass is 32.1. The van der Waals surface area contributed by atoms with Crippen molar-refractivity contribution in [2.75, 3.05) is 5.43 Å². The number of hydrogen-bond donors (Lipinski definition) is 1. The Hall–Kier alpha value is -3.08. The summed E-state index contributed by atoms with van der Waals surface area (Å²) in [5.74, 6) is -1.49. The lowest BCUT2D eigenvalue weighted by atomic mass is 10.2. The molecule has 11 heteroatoms. The molecule has 3 aromatic rings. The van der Waals surface area contributed by atoms with E-state index in [-0.39, 0.29) is 18.7 Å². The third-order valence-electron chi connectivity index (χ3n) is 4.34. The standard InChI is InChI=1S/C20H17F5N4OS/c1-11-18(12(2)27-28-16-6-5-13(21)10-15(16)22)31-17(26-11)7-9-29-8-3-4-14(19(29)30)20(23,24)25/h3-6,8,10,28H,7,9H2,1-2H3. The molecule has 3 rings (SSSR count). The number of thiazole rings is 1. The van der Waals surface area contributed by atoms with Crippen LogP contribution >= 0.6 is 11.3 Å². The second-order valence-electron chi connectivity index (χ2n) is 6.62. The van der Waals surface area contributed by atoms with Gasteiger partial charge in [-0.15, -0.1) is 11.3 Å². The average Bonchev–Trinajstić information content (AvgIpc) is 3.06. The zero-order valence-electron chi connectivity index (χ0n) is 16.4. The Morgan fingerprint density at radius 3 is 2.68 bits per heavy atom. The fraction of sp³-hybridized carbons (Fsp3) is 0.250. The molecule has 1 aromatic carbocycles. The number of hydrogen-bond acceptors (Lipinski definition) is 5. The monoisotopic (exact) mass is 456 g/mol. The van der Waals surface area contributed by atoms with Crippen LogP contribution < -0.4 is 11.0 Å². The van der Waals surface area contributed by atoms with Crippen molar-refractivity contribution in [3.05, 3.63) is 79.7 Å². The lowest BCUT2D eigenvalue weighted by molar-refractivity contribution is -0.139. The number of nitrogens with one attached hydrogen (secondary N) is 1. The highest BCUT2D eigenvalue weighted by molar-refractivity contribution is 7.13. The molecule has 31 heavy (non-hydrogen) atoms. The number of nitrogens with zero attached hydrogens (tertiary/aromatic N) is 3. The largest absolute Gasteiger partial charge is 0.421 e. The van der Waals surface area contributed by atoms with E-state index in [1.54, 1.807) is 13.8 Å². The molecular formula is C20H17F5N4OS. The first-order valence-electron chi connectivity index (χ1n) is 9.05. The number of pyridine rings is 1. The fourth-order valence-corrected chi connectivity index (χ4v) is 3.81. The van der Waals surface area contributed by atoms with Gasteiger partial charge in [0.2, 0.25) is 0 Å². The minimum atomic E-state index is -4.71. The molecule has 0 aliphatic rings. The number of anilines is 1. The van der Waals surface area contributed by atoms with Crippen molar-refractivity contribution >= 4 is 22.7 Å². The summed E-state index contributed by atoms with van der Waals surface area (Å²) < 4.78 is 66.4. The third-order valence-corrected chi connectivity index (χ3v) is 5.66. The van der Waals surface area contributed by atoms with Crippen LogP contribution in [0.25, 0.3) is 0 Å². The van der Waals surface area contributed by atoms with Gasteiger partial charge in [-0.25, -0.2) is 13.8 Å². The van der Waals surface area contributed by atoms with Gasteiger partial charge in [0.05, 0.1) is 27.0 Å². The molecule has 5 nitrogen and oxygen atoms in total. The molecule has 0 aliphatic heterocycles. The Kier molecular flexibility index (Phi) is 6.54. The number of halogens is 5. The van der Waals surface area contributed by atoms with Crippen molar-refractivity contribution in [1.29, 1.82) is 0 Å². The van der Waals surface area contributed by atoms with E-state index >= 15 is 0 Å². The van der Waals surface area contributed by atoms with Crippen molar-refractivity contribution in [3.8, 4) is 0 Å². The molecule has 1 N–H and O–H groups in total. The van der Waals surface area contributed by atoms with Crippen molar-refractivity contribution in [2.24, 2.45) is 5.10 Å². The van der Waals surface area contributed by atoms with Crippen LogP contribution in [0.3, 0.4) is 0 Å². The van der Waals surface area contributed by atoms with Crippen LogP contribution in [-0.4, -0.2) is 15.3 Å². The lowest BCUT2D eigenvalue weighted by Crippen LogP contribution is -2.28. The molecular weight excluding hydrogens is 439 g/mol. The Bertz CT molecular complexity index is 1180. The van der Waals surface area contributed by atoms with Gasteiger partial charge in [-0.2, -0.15) is 18.3 Å². The average molecular weight is 456 g/mol. The molecule has 0 saturated heterocycles. The SMILES string of the molecule is CC(=NNc1ccc(F)cc1F)c1sc(CCn2cccc(C(F)(F)F)c2=O)nc1C. The molecule has 0 aliphatic carbocycles. The number of rotatable bonds is 6. The van der Waals surface area contributed by atoms with Gasteiger partial charge in [-0.05, 0) is 38.1 Å². The van der Waals surface area contributed by atoms with E-state index in [4.69, 9.17) is 0 Å². The summed E-state index contributed by atoms with van der Waals surface area (Å²) in [4.78, 5) is 17.1. The van der Waals surface area contributed by atoms with Gasteiger partial charge in [0.15, 0.2) is 5.82 Å². The molecule has 0 spiro atoms. The molecule has 0 radical (unpaired) electrons. The summed E-state index contributed by atoms with van der Waals surface area (Å²) >= 11 is 1.27. The van der Waals surface area contributed by atoms with Gasteiger partial charge in [-0.1, -0.05) is 0 Å². The van der Waals surface area contributed by atoms with Crippen molar-refractivity contribution < 1.29 is 22.0 Å². The van der Waals surface area contributed by atoms with Gasteiger partial charge >= 0.3 is 6.18 Å². The maximum Gasteiger partial charge on any atom is 0.421 e. The van der Waals surface area contributed by atoms with E-state index in [2.05, 4.69) is 15.5 Å². The zero-order chi connectivity index (χ0) is 22.8. The summed E-state index contributed by atoms with van der Waals surface area (Å²) in [5.41, 5.74) is 1.36. The smallest absolute Gasteiger partial charge is 0.315 e. The van der Waals surface area contributed by atoms with Gasteiger partial charge in [0.1, 0.15) is 11.4 Å². The molecule has 2 heterocycles. The van der Waals surface area contributed by atoms with Gasteiger partial charge in [0.25, 0.3) is 5.56 Å². The normalized spacial score (nSPS) is 12.3. The Balaban J connectivity index is 1.73. The van der Waals surface area contributed by atoms with E-state index < -0.39 is 28.9 Å². The molecule has 0 unspecified atom stereocenters. The molecule has 0 saturated carbocycles. The highest BCUT2D eigenvalue weighted by Gasteiger charge is 2.34. The molecule has 0 atom stereocenters. The van der Waals surface area contributed by atoms with E-state index in [0.29, 0.717) is 21.3 Å². The van der Waals surface area contributed by atoms with Crippen molar-refractivity contribution in [2.45, 2.75) is 33.0 Å². The minimum Gasteiger partial charge on any atom is -0.315 e. The van der Waals surface area contributed by atoms with Crippen molar-refractivity contribution in [3.63, 3.8) is 0 Å². The fourth-order valence-electron chi connectivity index (χ4n) is 2.81. The quantitative estimate of drug-likeness (QED) is 0.323. The van der Waals surface area contributed by atoms with E-state index in [1.165, 1.54) is 29.7 Å². The predicted octanol–water partition coefficient (Wildman–Crippen LogP) is 4.99. The van der Waals surface area contributed by atoms with Crippen LogP contribution in [0.2, 0.25) is 0 Å². The van der Waals surface area contributed by atoms with Crippen molar-refractivity contribution in [1.82, 2.24) is 9.55 Å². The Morgan fingerprint density at radius 1 is 1.26 bits per heavy atom. The van der Waals surface area contributed by atoms with Crippen LogP contribution in [-0.2, 0) is 19.1 Å². The first-order valence-corrected chi connectivity index (χ1v) is 9.86. The number of alkyl halides is 3. The van der Waals surface area contributed by atoms with Gasteiger partial charge < -0.3 is 4.57 Å². The molecule has 164 valence electrons. The summed E-state index contributed by atoms with van der Waals surface area (Å²) in [5, 5.41) is 4.71. The maximum absolute atomic E-state index is 13.7. The van der Waals surface area contributed by atoms with Gasteiger partial charge in [-0.3, -0.25) is 10.2 Å². The van der Waals surface area contributed by atoms with Crippen LogP contribution in [0, 0.1) is 18.6 Å². The summed E-state index contributed by atoms with van der Waals surface area (Å²) in [6, 6.07) is 4.99. The zero-order valence-corrected chi connectivity index (χ0v) is 17.2. The summed E-state index contributed by atoms with van der Waals surface area (Å²) in [6.45, 7) is 3.45. The van der Waals surface area contributed by atoms with E-state index in [1.807, 2.05) is 0 Å². The lowest BCUT2D eigenvalue weighted by Gasteiger charge is -2.09. The second-order valence-corrected chi connectivity index (χ2v) is 7.71. The number of aryl methyl sites for hydroxylation is 3. The van der Waals surface area contributed by atoms with Crippen LogP contribution in [0.1, 0.15) is 28.1 Å². The van der Waals surface area contributed by atoms with Gasteiger partial charge in [0, 0.05) is 25.2 Å². The predicted molar refractivity (Wildman–Crippen MR) is 108 cm³/mol. The number of hydrazone groups is 1. The van der Waals surface area contributed by atoms with Crippen LogP contribution in [0.5, 0.6) is 0 Å². The minimum absolute atomic E-state index is 0.00654. The first-order chi connectivity index (χ1) is 14.6. The molecule has 0 fully saturated rings. The highest BCUT2D eigenvalue weighted by Crippen LogP contribution is 2.26. The molecule has 0 amide bonds. The molecule has 2 aromatic heterocycles. The topological polar surface area (TPSA) is 59.3 Å². The summed E-state index contributed by atoms with van der Waals surface area (Å²) in [7, 11) is 0. The first kappa shape index (κ1) is 22.6. The van der Waals surface area contributed by atoms with Crippen LogP contribution in [0.15, 0.2) is 46.4 Å². The Morgan fingerprint density at radius 2 is 2.00 bits per heavy atom. The van der Waals surface area contributed by atoms with E-state index in [9.17, 15) is 26.7 Å². The van der Waals surface area contributed by atoms with Crippen LogP contribution in [0.4, 0.5) is 27.6 Å². The number of benzene rings is 1. The van der Waals surface area contributed by atoms with E-state index in [0.717, 1.165) is 22.8 Å². The summed E-state index contributed by atoms with van der Waals surface area (Å²) in [6.07, 6.45) is -3.16. The second kappa shape index (κ2) is 8.96. The number of aromatic nitrogens is 2. The molecule has 0 bridgehead atoms. The maximum atomic E-state index is 13.7. The Labute approximate surface area is 177 Å².